The SMILES string of the molecule is CCn1c(=O)n(CC(=O)NC2CCNCC2C)c2ccccc21. The monoisotopic (exact) mass is 316 g/mol. The Morgan fingerprint density at radius 1 is 1.30 bits per heavy atom. The van der Waals surface area contributed by atoms with E-state index < -0.39 is 0 Å². The second-order valence-corrected chi connectivity index (χ2v) is 6.25. The van der Waals surface area contributed by atoms with Gasteiger partial charge in [-0.25, -0.2) is 4.79 Å². The minimum atomic E-state index is -0.123. The number of carbonyl (C=O) groups excluding carboxylic acids is 1. The number of imidazole rings is 1. The summed E-state index contributed by atoms with van der Waals surface area (Å²) in [4.78, 5) is 25.0. The van der Waals surface area contributed by atoms with Crippen LogP contribution in [0.2, 0.25) is 0 Å². The van der Waals surface area contributed by atoms with Crippen LogP contribution in [0, 0.1) is 5.92 Å². The van der Waals surface area contributed by atoms with Crippen molar-refractivity contribution < 1.29 is 4.79 Å². The Kier molecular flexibility index (Phi) is 4.52. The predicted molar refractivity (Wildman–Crippen MR) is 90.5 cm³/mol. The third kappa shape index (κ3) is 3.03. The highest BCUT2D eigenvalue weighted by Gasteiger charge is 2.23. The molecule has 124 valence electrons. The topological polar surface area (TPSA) is 68.1 Å². The zero-order chi connectivity index (χ0) is 16.4. The highest BCUT2D eigenvalue weighted by atomic mass is 16.2. The van der Waals surface area contributed by atoms with Crippen molar-refractivity contribution in [2.45, 2.75) is 39.4 Å². The van der Waals surface area contributed by atoms with Gasteiger partial charge < -0.3 is 10.6 Å². The molecule has 6 heteroatoms. The lowest BCUT2D eigenvalue weighted by molar-refractivity contribution is -0.122. The van der Waals surface area contributed by atoms with Crippen LogP contribution in [0.1, 0.15) is 20.3 Å². The fourth-order valence-corrected chi connectivity index (χ4v) is 3.36. The lowest BCUT2D eigenvalue weighted by Gasteiger charge is -2.30. The molecule has 0 saturated carbocycles. The number of aryl methyl sites for hydroxylation is 1. The summed E-state index contributed by atoms with van der Waals surface area (Å²) in [7, 11) is 0. The van der Waals surface area contributed by atoms with Crippen molar-refractivity contribution in [1.29, 1.82) is 0 Å². The predicted octanol–water partition coefficient (Wildman–Crippen LogP) is 0.937. The largest absolute Gasteiger partial charge is 0.351 e. The van der Waals surface area contributed by atoms with Gasteiger partial charge >= 0.3 is 5.69 Å². The molecule has 6 nitrogen and oxygen atoms in total. The highest BCUT2D eigenvalue weighted by molar-refractivity contribution is 5.81. The molecular formula is C17H24N4O2. The van der Waals surface area contributed by atoms with Crippen LogP contribution < -0.4 is 16.3 Å². The van der Waals surface area contributed by atoms with Gasteiger partial charge in [-0.15, -0.1) is 0 Å². The Bertz CT molecular complexity index is 762. The van der Waals surface area contributed by atoms with Crippen molar-refractivity contribution in [3.05, 3.63) is 34.7 Å². The molecule has 1 fully saturated rings. The van der Waals surface area contributed by atoms with Gasteiger partial charge in [-0.2, -0.15) is 0 Å². The number of hydrogen-bond acceptors (Lipinski definition) is 3. The number of nitrogens with one attached hydrogen (secondary N) is 2. The number of amides is 1. The summed E-state index contributed by atoms with van der Waals surface area (Å²) in [5, 5.41) is 6.41. The van der Waals surface area contributed by atoms with Gasteiger partial charge in [0.15, 0.2) is 0 Å². The Hall–Kier alpha value is -2.08. The Labute approximate surface area is 135 Å². The molecular weight excluding hydrogens is 292 g/mol. The van der Waals surface area contributed by atoms with Gasteiger partial charge in [0.1, 0.15) is 6.54 Å². The zero-order valence-electron chi connectivity index (χ0n) is 13.7. The van der Waals surface area contributed by atoms with E-state index in [1.54, 1.807) is 9.13 Å². The van der Waals surface area contributed by atoms with Crippen LogP contribution in [0.25, 0.3) is 11.0 Å². The third-order valence-corrected chi connectivity index (χ3v) is 4.67. The quantitative estimate of drug-likeness (QED) is 0.882. The summed E-state index contributed by atoms with van der Waals surface area (Å²) in [5.41, 5.74) is 1.57. The molecule has 2 N–H and O–H groups in total. The summed E-state index contributed by atoms with van der Waals surface area (Å²) >= 11 is 0. The van der Waals surface area contributed by atoms with Crippen LogP contribution in [-0.4, -0.2) is 34.2 Å². The Morgan fingerprint density at radius 3 is 2.65 bits per heavy atom. The van der Waals surface area contributed by atoms with Gasteiger partial charge in [-0.1, -0.05) is 19.1 Å². The molecule has 1 aromatic heterocycles. The van der Waals surface area contributed by atoms with Crippen LogP contribution in [0.5, 0.6) is 0 Å². The average Bonchev–Trinajstić information content (AvgIpc) is 2.81. The number of hydrogen-bond donors (Lipinski definition) is 2. The molecule has 0 aliphatic carbocycles. The summed E-state index contributed by atoms with van der Waals surface area (Å²) in [5.74, 6) is 0.311. The second-order valence-electron chi connectivity index (χ2n) is 6.25. The normalized spacial score (nSPS) is 21.5. The fraction of sp³-hybridized carbons (Fsp3) is 0.529. The van der Waals surface area contributed by atoms with Crippen molar-refractivity contribution in [2.24, 2.45) is 5.92 Å². The Morgan fingerprint density at radius 2 is 2.00 bits per heavy atom. The summed E-state index contributed by atoms with van der Waals surface area (Å²) in [6.45, 7) is 6.58. The van der Waals surface area contributed by atoms with Gasteiger partial charge in [0, 0.05) is 12.6 Å². The smallest absolute Gasteiger partial charge is 0.329 e. The van der Waals surface area contributed by atoms with E-state index in [1.807, 2.05) is 31.2 Å². The van der Waals surface area contributed by atoms with Crippen molar-refractivity contribution in [2.75, 3.05) is 13.1 Å². The molecule has 0 bridgehead atoms. The first-order valence-electron chi connectivity index (χ1n) is 8.30. The first-order chi connectivity index (χ1) is 11.1. The van der Waals surface area contributed by atoms with Crippen molar-refractivity contribution in [3.8, 4) is 0 Å². The molecule has 0 spiro atoms. The minimum Gasteiger partial charge on any atom is -0.351 e. The molecule has 2 heterocycles. The molecule has 2 atom stereocenters. The van der Waals surface area contributed by atoms with Crippen molar-refractivity contribution >= 4 is 16.9 Å². The minimum absolute atomic E-state index is 0.0724. The first-order valence-corrected chi connectivity index (χ1v) is 8.30. The standard InChI is InChI=1S/C17H24N4O2/c1-3-20-14-6-4-5-7-15(14)21(17(20)23)11-16(22)19-13-8-9-18-10-12(13)2/h4-7,12-13,18H,3,8-11H2,1-2H3,(H,19,22). The van der Waals surface area contributed by atoms with Crippen LogP contribution >= 0.6 is 0 Å². The second kappa shape index (κ2) is 6.58. The van der Waals surface area contributed by atoms with Crippen LogP contribution in [-0.2, 0) is 17.9 Å². The van der Waals surface area contributed by atoms with Gasteiger partial charge in [0.25, 0.3) is 0 Å². The van der Waals surface area contributed by atoms with Crippen LogP contribution in [0.3, 0.4) is 0 Å². The number of piperidine rings is 1. The maximum atomic E-state index is 12.5. The highest BCUT2D eigenvalue weighted by Crippen LogP contribution is 2.13. The van der Waals surface area contributed by atoms with E-state index in [0.29, 0.717) is 12.5 Å². The van der Waals surface area contributed by atoms with E-state index in [-0.39, 0.29) is 24.2 Å². The van der Waals surface area contributed by atoms with Crippen LogP contribution in [0.4, 0.5) is 0 Å². The number of benzene rings is 1. The maximum absolute atomic E-state index is 12.5. The molecule has 2 unspecified atom stereocenters. The Balaban J connectivity index is 1.82. The average molecular weight is 316 g/mol. The van der Waals surface area contributed by atoms with Crippen LogP contribution in [0.15, 0.2) is 29.1 Å². The summed E-state index contributed by atoms with van der Waals surface area (Å²) in [6, 6.07) is 7.80. The number of rotatable bonds is 4. The molecule has 1 aliphatic rings. The molecule has 2 aromatic rings. The van der Waals surface area contributed by atoms with E-state index in [2.05, 4.69) is 17.6 Å². The van der Waals surface area contributed by atoms with Gasteiger partial charge in [-0.05, 0) is 44.5 Å². The lowest BCUT2D eigenvalue weighted by Crippen LogP contribution is -2.49. The maximum Gasteiger partial charge on any atom is 0.329 e. The summed E-state index contributed by atoms with van der Waals surface area (Å²) in [6.07, 6.45) is 0.929. The van der Waals surface area contributed by atoms with E-state index in [9.17, 15) is 9.59 Å². The zero-order valence-corrected chi connectivity index (χ0v) is 13.7. The van der Waals surface area contributed by atoms with Gasteiger partial charge in [0.05, 0.1) is 11.0 Å². The molecule has 1 saturated heterocycles. The molecule has 1 aromatic carbocycles. The fourth-order valence-electron chi connectivity index (χ4n) is 3.36. The molecule has 23 heavy (non-hydrogen) atoms. The van der Waals surface area contributed by atoms with Gasteiger partial charge in [0.2, 0.25) is 5.91 Å². The molecule has 0 radical (unpaired) electrons. The number of carbonyl (C=O) groups is 1. The molecule has 1 aliphatic heterocycles. The number of nitrogens with zero attached hydrogens (tertiary/aromatic N) is 2. The molecule has 3 rings (SSSR count). The van der Waals surface area contributed by atoms with Crippen molar-refractivity contribution in [1.82, 2.24) is 19.8 Å². The van der Waals surface area contributed by atoms with E-state index in [4.69, 9.17) is 0 Å². The molecule has 1 amide bonds. The van der Waals surface area contributed by atoms with Crippen molar-refractivity contribution in [3.63, 3.8) is 0 Å². The number of para-hydroxylation sites is 2. The third-order valence-electron chi connectivity index (χ3n) is 4.67. The van der Waals surface area contributed by atoms with E-state index in [1.165, 1.54) is 0 Å². The van der Waals surface area contributed by atoms with E-state index >= 15 is 0 Å². The lowest BCUT2D eigenvalue weighted by atomic mass is 9.95. The summed E-state index contributed by atoms with van der Waals surface area (Å²) < 4.78 is 3.27. The first kappa shape index (κ1) is 15.8. The number of fused-ring (bicyclic) bond motifs is 1. The van der Waals surface area contributed by atoms with E-state index in [0.717, 1.165) is 30.5 Å². The number of aromatic nitrogens is 2. The van der Waals surface area contributed by atoms with Gasteiger partial charge in [-0.3, -0.25) is 13.9 Å².